The van der Waals surface area contributed by atoms with Crippen molar-refractivity contribution in [3.05, 3.63) is 50.6 Å². The number of aromatic nitrogens is 1. The monoisotopic (exact) mass is 350 g/mol. The lowest BCUT2D eigenvalue weighted by molar-refractivity contribution is 0.451. The predicted molar refractivity (Wildman–Crippen MR) is 86.0 cm³/mol. The molecule has 0 saturated carbocycles. The Balaban J connectivity index is 1.75. The minimum Gasteiger partial charge on any atom is -0.459 e. The molecule has 0 aliphatic carbocycles. The Morgan fingerprint density at radius 3 is 3.00 bits per heavy atom. The Labute approximate surface area is 130 Å². The number of fused-ring (bicyclic) bond motifs is 1. The summed E-state index contributed by atoms with van der Waals surface area (Å²) in [6, 6.07) is 8.32. The number of aryl methyl sites for hydroxylation is 1. The number of furan rings is 1. The normalized spacial score (nSPS) is 12.9. The summed E-state index contributed by atoms with van der Waals surface area (Å²) < 4.78 is 6.96. The van der Waals surface area contributed by atoms with Gasteiger partial charge in [0, 0.05) is 21.3 Å². The van der Waals surface area contributed by atoms with Gasteiger partial charge in [0.05, 0.1) is 17.2 Å². The Hall–Kier alpha value is -1.17. The van der Waals surface area contributed by atoms with Gasteiger partial charge in [-0.1, -0.05) is 15.9 Å². The van der Waals surface area contributed by atoms with Crippen molar-refractivity contribution in [2.45, 2.75) is 26.4 Å². The zero-order valence-electron chi connectivity index (χ0n) is 11.3. The summed E-state index contributed by atoms with van der Waals surface area (Å²) in [6.07, 6.45) is 0. The van der Waals surface area contributed by atoms with Gasteiger partial charge in [-0.3, -0.25) is 0 Å². The van der Waals surface area contributed by atoms with Crippen molar-refractivity contribution in [1.29, 1.82) is 0 Å². The van der Waals surface area contributed by atoms with Gasteiger partial charge in [0.15, 0.2) is 0 Å². The van der Waals surface area contributed by atoms with E-state index in [9.17, 15) is 0 Å². The number of nitrogens with zero attached hydrogens (tertiary/aromatic N) is 1. The largest absolute Gasteiger partial charge is 0.459 e. The molecule has 0 aliphatic heterocycles. The van der Waals surface area contributed by atoms with Gasteiger partial charge in [-0.2, -0.15) is 0 Å². The summed E-state index contributed by atoms with van der Waals surface area (Å²) in [7, 11) is 0. The van der Waals surface area contributed by atoms with Crippen LogP contribution in [0.3, 0.4) is 0 Å². The van der Waals surface area contributed by atoms with Crippen LogP contribution in [0.5, 0.6) is 0 Å². The number of benzene rings is 1. The SMILES string of the molecule is Cc1ncsc1CNC(C)c1cc2cc(Br)ccc2o1. The number of rotatable bonds is 4. The molecule has 3 aromatic rings. The summed E-state index contributed by atoms with van der Waals surface area (Å²) in [4.78, 5) is 5.54. The third-order valence-electron chi connectivity index (χ3n) is 3.34. The Bertz CT molecular complexity index is 734. The van der Waals surface area contributed by atoms with Crippen LogP contribution in [-0.4, -0.2) is 4.98 Å². The second kappa shape index (κ2) is 5.68. The van der Waals surface area contributed by atoms with Gasteiger partial charge in [-0.15, -0.1) is 11.3 Å². The molecule has 0 aliphatic rings. The zero-order chi connectivity index (χ0) is 14.1. The number of nitrogens with one attached hydrogen (secondary N) is 1. The highest BCUT2D eigenvalue weighted by Crippen LogP contribution is 2.26. The van der Waals surface area contributed by atoms with E-state index in [0.717, 1.165) is 33.4 Å². The summed E-state index contributed by atoms with van der Waals surface area (Å²) in [5.41, 5.74) is 3.91. The first-order valence-electron chi connectivity index (χ1n) is 6.45. The summed E-state index contributed by atoms with van der Waals surface area (Å²) in [5, 5.41) is 4.60. The maximum absolute atomic E-state index is 5.89. The molecular formula is C15H15BrN2OS. The molecule has 1 N–H and O–H groups in total. The first-order valence-corrected chi connectivity index (χ1v) is 8.12. The molecule has 5 heteroatoms. The van der Waals surface area contributed by atoms with Gasteiger partial charge < -0.3 is 9.73 Å². The quantitative estimate of drug-likeness (QED) is 0.733. The number of hydrogen-bond donors (Lipinski definition) is 1. The maximum atomic E-state index is 5.89. The minimum atomic E-state index is 0.169. The second-order valence-corrected chi connectivity index (χ2v) is 6.65. The van der Waals surface area contributed by atoms with E-state index in [2.05, 4.69) is 45.3 Å². The summed E-state index contributed by atoms with van der Waals surface area (Å²) in [6.45, 7) is 4.97. The Morgan fingerprint density at radius 2 is 2.25 bits per heavy atom. The number of halogens is 1. The summed E-state index contributed by atoms with van der Waals surface area (Å²) >= 11 is 5.16. The van der Waals surface area contributed by atoms with E-state index >= 15 is 0 Å². The highest BCUT2D eigenvalue weighted by molar-refractivity contribution is 9.10. The maximum Gasteiger partial charge on any atom is 0.134 e. The molecule has 3 rings (SSSR count). The third kappa shape index (κ3) is 2.80. The van der Waals surface area contributed by atoms with E-state index < -0.39 is 0 Å². The Kier molecular flexibility index (Phi) is 3.92. The molecule has 0 saturated heterocycles. The molecule has 1 aromatic carbocycles. The molecule has 104 valence electrons. The van der Waals surface area contributed by atoms with Crippen molar-refractivity contribution < 1.29 is 4.42 Å². The van der Waals surface area contributed by atoms with E-state index in [4.69, 9.17) is 4.42 Å². The van der Waals surface area contributed by atoms with Crippen LogP contribution in [-0.2, 0) is 6.54 Å². The first-order chi connectivity index (χ1) is 9.63. The van der Waals surface area contributed by atoms with Gasteiger partial charge in [-0.05, 0) is 38.1 Å². The van der Waals surface area contributed by atoms with Gasteiger partial charge in [0.2, 0.25) is 0 Å². The summed E-state index contributed by atoms with van der Waals surface area (Å²) in [5.74, 6) is 0.959. The smallest absolute Gasteiger partial charge is 0.134 e. The Morgan fingerprint density at radius 1 is 1.40 bits per heavy atom. The fourth-order valence-electron chi connectivity index (χ4n) is 2.09. The molecule has 0 amide bonds. The average Bonchev–Trinajstić information content (AvgIpc) is 3.01. The van der Waals surface area contributed by atoms with Crippen molar-refractivity contribution in [3.63, 3.8) is 0 Å². The molecule has 0 radical (unpaired) electrons. The lowest BCUT2D eigenvalue weighted by atomic mass is 10.2. The van der Waals surface area contributed by atoms with Crippen molar-refractivity contribution >= 4 is 38.2 Å². The molecule has 0 bridgehead atoms. The van der Waals surface area contributed by atoms with Crippen LogP contribution >= 0.6 is 27.3 Å². The van der Waals surface area contributed by atoms with E-state index in [-0.39, 0.29) is 6.04 Å². The van der Waals surface area contributed by atoms with E-state index in [0.29, 0.717) is 0 Å². The van der Waals surface area contributed by atoms with Crippen molar-refractivity contribution in [2.75, 3.05) is 0 Å². The van der Waals surface area contributed by atoms with Crippen LogP contribution in [0.2, 0.25) is 0 Å². The van der Waals surface area contributed by atoms with Crippen molar-refractivity contribution in [1.82, 2.24) is 10.3 Å². The van der Waals surface area contributed by atoms with Crippen LogP contribution < -0.4 is 5.32 Å². The molecule has 20 heavy (non-hydrogen) atoms. The lowest BCUT2D eigenvalue weighted by Crippen LogP contribution is -2.17. The van der Waals surface area contributed by atoms with Crippen LogP contribution in [0.1, 0.15) is 29.3 Å². The average molecular weight is 351 g/mol. The third-order valence-corrected chi connectivity index (χ3v) is 4.77. The highest BCUT2D eigenvalue weighted by Gasteiger charge is 2.12. The number of hydrogen-bond acceptors (Lipinski definition) is 4. The van der Waals surface area contributed by atoms with Crippen molar-refractivity contribution in [3.8, 4) is 0 Å². The van der Waals surface area contributed by atoms with E-state index in [1.807, 2.05) is 24.6 Å². The van der Waals surface area contributed by atoms with Gasteiger partial charge in [0.1, 0.15) is 11.3 Å². The molecular weight excluding hydrogens is 336 g/mol. The minimum absolute atomic E-state index is 0.169. The lowest BCUT2D eigenvalue weighted by Gasteiger charge is -2.10. The van der Waals surface area contributed by atoms with Gasteiger partial charge in [-0.25, -0.2) is 4.98 Å². The fourth-order valence-corrected chi connectivity index (χ4v) is 3.20. The molecule has 0 fully saturated rings. The van der Waals surface area contributed by atoms with Crippen LogP contribution in [0.4, 0.5) is 0 Å². The van der Waals surface area contributed by atoms with E-state index in [1.165, 1.54) is 4.88 Å². The van der Waals surface area contributed by atoms with Gasteiger partial charge >= 0.3 is 0 Å². The van der Waals surface area contributed by atoms with Crippen molar-refractivity contribution in [2.24, 2.45) is 0 Å². The van der Waals surface area contributed by atoms with Crippen LogP contribution in [0.25, 0.3) is 11.0 Å². The second-order valence-electron chi connectivity index (χ2n) is 4.79. The molecule has 1 unspecified atom stereocenters. The predicted octanol–water partition coefficient (Wildman–Crippen LogP) is 4.81. The molecule has 3 nitrogen and oxygen atoms in total. The zero-order valence-corrected chi connectivity index (χ0v) is 13.7. The van der Waals surface area contributed by atoms with Crippen LogP contribution in [0.15, 0.2) is 38.7 Å². The topological polar surface area (TPSA) is 38.1 Å². The molecule has 2 heterocycles. The van der Waals surface area contributed by atoms with E-state index in [1.54, 1.807) is 11.3 Å². The standard InChI is InChI=1S/C15H15BrN2OS/c1-9(17-7-15-10(2)18-8-20-15)14-6-11-5-12(16)3-4-13(11)19-14/h3-6,8-9,17H,7H2,1-2H3. The first kappa shape index (κ1) is 13.8. The molecule has 1 atom stereocenters. The molecule has 0 spiro atoms. The van der Waals surface area contributed by atoms with Gasteiger partial charge in [0.25, 0.3) is 0 Å². The van der Waals surface area contributed by atoms with Crippen LogP contribution in [0, 0.1) is 6.92 Å². The fraction of sp³-hybridized carbons (Fsp3) is 0.267. The highest BCUT2D eigenvalue weighted by atomic mass is 79.9. The number of thiazole rings is 1. The molecule has 2 aromatic heterocycles.